The maximum absolute atomic E-state index is 12.6. The topological polar surface area (TPSA) is 62.6 Å². The molecule has 2 heterocycles. The van der Waals surface area contributed by atoms with E-state index in [0.717, 1.165) is 34.5 Å². The molecular formula is C22H20N2O3. The normalized spacial score (nSPS) is 12.7. The maximum Gasteiger partial charge on any atom is 0.261 e. The number of furan rings is 1. The second-order valence-corrected chi connectivity index (χ2v) is 6.82. The summed E-state index contributed by atoms with van der Waals surface area (Å²) < 4.78 is 5.01. The molecule has 0 spiro atoms. The molecule has 0 saturated heterocycles. The zero-order chi connectivity index (χ0) is 19.0. The summed E-state index contributed by atoms with van der Waals surface area (Å²) in [6, 6.07) is 13.0. The van der Waals surface area contributed by atoms with Crippen molar-refractivity contribution in [2.75, 3.05) is 16.8 Å². The van der Waals surface area contributed by atoms with E-state index >= 15 is 0 Å². The molecule has 2 amide bonds. The first-order chi connectivity index (χ1) is 13.0. The summed E-state index contributed by atoms with van der Waals surface area (Å²) in [7, 11) is 0. The van der Waals surface area contributed by atoms with Gasteiger partial charge in [0.05, 0.1) is 11.8 Å². The Morgan fingerprint density at radius 3 is 2.59 bits per heavy atom. The van der Waals surface area contributed by atoms with Crippen LogP contribution in [0.5, 0.6) is 0 Å². The third-order valence-corrected chi connectivity index (χ3v) is 5.02. The third kappa shape index (κ3) is 3.24. The first kappa shape index (κ1) is 17.1. The summed E-state index contributed by atoms with van der Waals surface area (Å²) in [6.07, 6.45) is 3.71. The number of aryl methyl sites for hydroxylation is 2. The summed E-state index contributed by atoms with van der Waals surface area (Å²) in [4.78, 5) is 26.8. The van der Waals surface area contributed by atoms with Crippen LogP contribution in [0.15, 0.2) is 59.4 Å². The van der Waals surface area contributed by atoms with Crippen molar-refractivity contribution >= 4 is 23.2 Å². The number of anilines is 2. The van der Waals surface area contributed by atoms with Gasteiger partial charge in [0.2, 0.25) is 0 Å². The van der Waals surface area contributed by atoms with Crippen molar-refractivity contribution in [3.8, 4) is 0 Å². The molecule has 27 heavy (non-hydrogen) atoms. The average molecular weight is 360 g/mol. The van der Waals surface area contributed by atoms with E-state index in [-0.39, 0.29) is 11.8 Å². The van der Waals surface area contributed by atoms with Crippen LogP contribution in [0.3, 0.4) is 0 Å². The monoisotopic (exact) mass is 360 g/mol. The van der Waals surface area contributed by atoms with E-state index < -0.39 is 0 Å². The van der Waals surface area contributed by atoms with Gasteiger partial charge in [-0.3, -0.25) is 9.59 Å². The van der Waals surface area contributed by atoms with Crippen molar-refractivity contribution in [2.45, 2.75) is 20.3 Å². The lowest BCUT2D eigenvalue weighted by molar-refractivity contribution is 0.0987. The van der Waals surface area contributed by atoms with E-state index in [0.29, 0.717) is 17.7 Å². The Morgan fingerprint density at radius 2 is 1.85 bits per heavy atom. The van der Waals surface area contributed by atoms with E-state index in [1.807, 2.05) is 50.2 Å². The van der Waals surface area contributed by atoms with Crippen LogP contribution in [-0.2, 0) is 6.42 Å². The second kappa shape index (κ2) is 6.76. The van der Waals surface area contributed by atoms with Crippen molar-refractivity contribution in [3.63, 3.8) is 0 Å². The minimum absolute atomic E-state index is 0.0746. The molecule has 1 N–H and O–H groups in total. The number of hydrogen-bond acceptors (Lipinski definition) is 3. The van der Waals surface area contributed by atoms with Gasteiger partial charge in [0.15, 0.2) is 0 Å². The molecule has 0 atom stereocenters. The molecule has 2 aromatic carbocycles. The summed E-state index contributed by atoms with van der Waals surface area (Å²) in [5.41, 5.74) is 6.08. The Balaban J connectivity index is 1.53. The predicted molar refractivity (Wildman–Crippen MR) is 104 cm³/mol. The number of nitrogens with zero attached hydrogens (tertiary/aromatic N) is 1. The highest BCUT2D eigenvalue weighted by atomic mass is 16.3. The van der Waals surface area contributed by atoms with Gasteiger partial charge in [-0.05, 0) is 73.4 Å². The minimum atomic E-state index is -0.137. The molecule has 5 heteroatoms. The minimum Gasteiger partial charge on any atom is -0.472 e. The number of fused-ring (bicyclic) bond motifs is 1. The Bertz CT molecular complexity index is 1020. The van der Waals surface area contributed by atoms with Crippen molar-refractivity contribution in [2.24, 2.45) is 0 Å². The zero-order valence-electron chi connectivity index (χ0n) is 15.3. The Labute approximate surface area is 157 Å². The largest absolute Gasteiger partial charge is 0.472 e. The molecule has 0 fully saturated rings. The molecule has 5 nitrogen and oxygen atoms in total. The van der Waals surface area contributed by atoms with Gasteiger partial charge in [-0.15, -0.1) is 0 Å². The summed E-state index contributed by atoms with van der Waals surface area (Å²) in [5.74, 6) is -0.211. The van der Waals surface area contributed by atoms with Gasteiger partial charge in [0, 0.05) is 23.5 Å². The highest BCUT2D eigenvalue weighted by Gasteiger charge is 2.26. The third-order valence-electron chi connectivity index (χ3n) is 5.02. The van der Waals surface area contributed by atoms with E-state index in [4.69, 9.17) is 4.42 Å². The van der Waals surface area contributed by atoms with E-state index in [1.165, 1.54) is 12.5 Å². The van der Waals surface area contributed by atoms with Crippen LogP contribution in [-0.4, -0.2) is 18.4 Å². The first-order valence-electron chi connectivity index (χ1n) is 8.88. The van der Waals surface area contributed by atoms with Gasteiger partial charge >= 0.3 is 0 Å². The first-order valence-corrected chi connectivity index (χ1v) is 8.88. The molecule has 0 unspecified atom stereocenters. The highest BCUT2D eigenvalue weighted by Crippen LogP contribution is 2.32. The van der Waals surface area contributed by atoms with Crippen molar-refractivity contribution in [1.29, 1.82) is 0 Å². The molecule has 0 aliphatic carbocycles. The van der Waals surface area contributed by atoms with Crippen LogP contribution in [0.25, 0.3) is 0 Å². The smallest absolute Gasteiger partial charge is 0.261 e. The molecule has 3 aromatic rings. The Morgan fingerprint density at radius 1 is 1.00 bits per heavy atom. The molecule has 1 aliphatic heterocycles. The summed E-state index contributed by atoms with van der Waals surface area (Å²) >= 11 is 0. The van der Waals surface area contributed by atoms with Gasteiger partial charge in [0.25, 0.3) is 11.8 Å². The highest BCUT2D eigenvalue weighted by molar-refractivity contribution is 6.08. The molecule has 4 rings (SSSR count). The molecule has 136 valence electrons. The predicted octanol–water partition coefficient (Wildman–Crippen LogP) is 4.35. The second-order valence-electron chi connectivity index (χ2n) is 6.82. The fourth-order valence-electron chi connectivity index (χ4n) is 3.32. The number of amides is 2. The lowest BCUT2D eigenvalue weighted by Crippen LogP contribution is -2.28. The standard InChI is InChI=1S/C22H20N2O3/c1-14-3-4-17(11-15(14)2)21(25)23-19-5-6-20-16(12-19)7-9-24(20)22(26)18-8-10-27-13-18/h3-6,8,10-13H,7,9H2,1-2H3,(H,23,25). The fraction of sp³-hybridized carbons (Fsp3) is 0.182. The van der Waals surface area contributed by atoms with Crippen LogP contribution in [0.2, 0.25) is 0 Å². The van der Waals surface area contributed by atoms with Gasteiger partial charge in [-0.2, -0.15) is 0 Å². The lowest BCUT2D eigenvalue weighted by Gasteiger charge is -2.16. The zero-order valence-corrected chi connectivity index (χ0v) is 15.3. The fourth-order valence-corrected chi connectivity index (χ4v) is 3.32. The number of nitrogens with one attached hydrogen (secondary N) is 1. The molecule has 1 aliphatic rings. The van der Waals surface area contributed by atoms with Crippen LogP contribution in [0.4, 0.5) is 11.4 Å². The van der Waals surface area contributed by atoms with Crippen LogP contribution in [0, 0.1) is 13.8 Å². The van der Waals surface area contributed by atoms with Crippen LogP contribution in [0.1, 0.15) is 37.4 Å². The van der Waals surface area contributed by atoms with Crippen molar-refractivity contribution in [1.82, 2.24) is 0 Å². The van der Waals surface area contributed by atoms with Gasteiger partial charge in [0.1, 0.15) is 6.26 Å². The SMILES string of the molecule is Cc1ccc(C(=O)Nc2ccc3c(c2)CCN3C(=O)c2ccoc2)cc1C. The van der Waals surface area contributed by atoms with Crippen LogP contribution < -0.4 is 10.2 Å². The number of rotatable bonds is 3. The van der Waals surface area contributed by atoms with E-state index in [2.05, 4.69) is 5.32 Å². The summed E-state index contributed by atoms with van der Waals surface area (Å²) in [5, 5.41) is 2.95. The molecule has 0 radical (unpaired) electrons. The van der Waals surface area contributed by atoms with E-state index in [9.17, 15) is 9.59 Å². The Kier molecular flexibility index (Phi) is 4.28. The molecule has 0 bridgehead atoms. The van der Waals surface area contributed by atoms with Gasteiger partial charge < -0.3 is 14.6 Å². The lowest BCUT2D eigenvalue weighted by atomic mass is 10.1. The van der Waals surface area contributed by atoms with Crippen molar-refractivity contribution < 1.29 is 14.0 Å². The quantitative estimate of drug-likeness (QED) is 0.755. The molecule has 0 saturated carbocycles. The maximum atomic E-state index is 12.6. The number of hydrogen-bond donors (Lipinski definition) is 1. The average Bonchev–Trinajstić information content (AvgIpc) is 3.33. The van der Waals surface area contributed by atoms with Crippen LogP contribution >= 0.6 is 0 Å². The number of carbonyl (C=O) groups is 2. The Hall–Kier alpha value is -3.34. The number of carbonyl (C=O) groups excluding carboxylic acids is 2. The van der Waals surface area contributed by atoms with Gasteiger partial charge in [-0.1, -0.05) is 6.07 Å². The molecular weight excluding hydrogens is 340 g/mol. The van der Waals surface area contributed by atoms with Crippen molar-refractivity contribution in [3.05, 3.63) is 82.8 Å². The van der Waals surface area contributed by atoms with Gasteiger partial charge in [-0.25, -0.2) is 0 Å². The number of benzene rings is 2. The van der Waals surface area contributed by atoms with E-state index in [1.54, 1.807) is 11.0 Å². The summed E-state index contributed by atoms with van der Waals surface area (Å²) in [6.45, 7) is 4.63. The molecule has 1 aromatic heterocycles.